The van der Waals surface area contributed by atoms with Crippen LogP contribution in [0.4, 0.5) is 0 Å². The van der Waals surface area contributed by atoms with Crippen molar-refractivity contribution in [3.63, 3.8) is 0 Å². The van der Waals surface area contributed by atoms with Gasteiger partial charge in [-0.3, -0.25) is 4.79 Å². The van der Waals surface area contributed by atoms with Gasteiger partial charge >= 0.3 is 5.97 Å². The van der Waals surface area contributed by atoms with Crippen molar-refractivity contribution in [3.05, 3.63) is 34.4 Å². The molecule has 0 saturated carbocycles. The second kappa shape index (κ2) is 6.77. The number of nitriles is 1. The van der Waals surface area contributed by atoms with Gasteiger partial charge in [0.05, 0.1) is 31.3 Å². The van der Waals surface area contributed by atoms with E-state index in [0.29, 0.717) is 24.2 Å². The summed E-state index contributed by atoms with van der Waals surface area (Å²) < 4.78 is 4.89. The largest absolute Gasteiger partial charge is 0.466 e. The smallest absolute Gasteiger partial charge is 0.310 e. The van der Waals surface area contributed by atoms with Gasteiger partial charge in [-0.2, -0.15) is 5.26 Å². The van der Waals surface area contributed by atoms with Gasteiger partial charge in [0, 0.05) is 0 Å². The Hall–Kier alpha value is -1.86. The summed E-state index contributed by atoms with van der Waals surface area (Å²) in [7, 11) is 0. The summed E-state index contributed by atoms with van der Waals surface area (Å²) in [6.07, 6.45) is 0.776. The number of nitrogens with zero attached hydrogens (tertiary/aromatic N) is 1. The minimum Gasteiger partial charge on any atom is -0.466 e. The number of hydrogen-bond acceptors (Lipinski definition) is 4. The van der Waals surface area contributed by atoms with Crippen molar-refractivity contribution < 1.29 is 14.6 Å². The molecule has 0 unspecified atom stereocenters. The third-order valence-corrected chi connectivity index (χ3v) is 2.80. The summed E-state index contributed by atoms with van der Waals surface area (Å²) in [4.78, 5) is 11.5. The molecular formula is C14H17NO3. The van der Waals surface area contributed by atoms with E-state index in [4.69, 9.17) is 10.00 Å². The highest BCUT2D eigenvalue weighted by molar-refractivity contribution is 5.73. The van der Waals surface area contributed by atoms with Gasteiger partial charge in [-0.1, -0.05) is 13.0 Å². The zero-order valence-electron chi connectivity index (χ0n) is 10.7. The molecule has 0 aliphatic heterocycles. The van der Waals surface area contributed by atoms with Crippen LogP contribution in [-0.2, 0) is 29.0 Å². The van der Waals surface area contributed by atoms with Gasteiger partial charge in [-0.25, -0.2) is 0 Å². The number of aliphatic hydroxyl groups is 1. The number of ether oxygens (including phenoxy) is 1. The van der Waals surface area contributed by atoms with Crippen LogP contribution in [0.3, 0.4) is 0 Å². The third kappa shape index (κ3) is 3.08. The fourth-order valence-corrected chi connectivity index (χ4v) is 1.98. The summed E-state index contributed by atoms with van der Waals surface area (Å²) >= 11 is 0. The molecule has 0 atom stereocenters. The fraction of sp³-hybridized carbons (Fsp3) is 0.429. The van der Waals surface area contributed by atoms with Crippen molar-refractivity contribution in [1.29, 1.82) is 5.26 Å². The van der Waals surface area contributed by atoms with Crippen LogP contribution in [0.5, 0.6) is 0 Å². The Balaban J connectivity index is 3.13. The van der Waals surface area contributed by atoms with Crippen LogP contribution in [0.15, 0.2) is 12.1 Å². The van der Waals surface area contributed by atoms with Crippen LogP contribution in [0.2, 0.25) is 0 Å². The van der Waals surface area contributed by atoms with Crippen LogP contribution in [-0.4, -0.2) is 17.7 Å². The Bertz CT molecular complexity index is 475. The first-order valence-electron chi connectivity index (χ1n) is 5.98. The minimum absolute atomic E-state index is 0.127. The maximum absolute atomic E-state index is 11.5. The number of hydrogen-bond donors (Lipinski definition) is 1. The maximum Gasteiger partial charge on any atom is 0.310 e. The molecule has 1 N–H and O–H groups in total. The molecule has 0 saturated heterocycles. The predicted octanol–water partition coefficient (Wildman–Crippen LogP) is 1.72. The van der Waals surface area contributed by atoms with Gasteiger partial charge in [-0.15, -0.1) is 0 Å². The molecule has 4 heteroatoms. The van der Waals surface area contributed by atoms with E-state index < -0.39 is 0 Å². The Morgan fingerprint density at radius 2 is 2.11 bits per heavy atom. The third-order valence-electron chi connectivity index (χ3n) is 2.80. The van der Waals surface area contributed by atoms with Crippen molar-refractivity contribution in [2.24, 2.45) is 0 Å². The van der Waals surface area contributed by atoms with Crippen LogP contribution in [0.1, 0.15) is 36.1 Å². The molecule has 0 aromatic heterocycles. The minimum atomic E-state index is -0.320. The van der Waals surface area contributed by atoms with E-state index in [1.54, 1.807) is 19.1 Å². The molecule has 96 valence electrons. The standard InChI is InChI=1S/C14H17NO3/c1-3-12-11(8-15)6-5-10(13(12)9-16)7-14(17)18-4-2/h5-6,16H,3-4,7,9H2,1-2H3. The Kier molecular flexibility index (Phi) is 5.34. The zero-order chi connectivity index (χ0) is 13.5. The number of aliphatic hydroxyl groups excluding tert-OH is 1. The van der Waals surface area contributed by atoms with E-state index in [1.165, 1.54) is 0 Å². The van der Waals surface area contributed by atoms with Gasteiger partial charge in [0.2, 0.25) is 0 Å². The van der Waals surface area contributed by atoms with Crippen molar-refractivity contribution in [1.82, 2.24) is 0 Å². The number of carbonyl (C=O) groups is 1. The van der Waals surface area contributed by atoms with Gasteiger partial charge < -0.3 is 9.84 Å². The molecule has 18 heavy (non-hydrogen) atoms. The monoisotopic (exact) mass is 247 g/mol. The van der Waals surface area contributed by atoms with Crippen LogP contribution < -0.4 is 0 Å². The number of benzene rings is 1. The van der Waals surface area contributed by atoms with Crippen molar-refractivity contribution in [2.75, 3.05) is 6.61 Å². The number of rotatable bonds is 5. The van der Waals surface area contributed by atoms with E-state index in [9.17, 15) is 9.90 Å². The normalized spacial score (nSPS) is 9.89. The van der Waals surface area contributed by atoms with Gasteiger partial charge in [0.15, 0.2) is 0 Å². The van der Waals surface area contributed by atoms with Crippen molar-refractivity contribution in [3.8, 4) is 6.07 Å². The van der Waals surface area contributed by atoms with Crippen LogP contribution in [0, 0.1) is 11.3 Å². The number of esters is 1. The second-order valence-electron chi connectivity index (χ2n) is 3.83. The molecule has 0 aliphatic rings. The molecule has 0 heterocycles. The number of carbonyl (C=O) groups excluding carboxylic acids is 1. The van der Waals surface area contributed by atoms with Gasteiger partial charge in [0.25, 0.3) is 0 Å². The van der Waals surface area contributed by atoms with Crippen molar-refractivity contribution in [2.45, 2.75) is 33.3 Å². The first-order chi connectivity index (χ1) is 8.67. The van der Waals surface area contributed by atoms with E-state index in [0.717, 1.165) is 11.1 Å². The molecule has 0 amide bonds. The lowest BCUT2D eigenvalue weighted by molar-refractivity contribution is -0.142. The van der Waals surface area contributed by atoms with E-state index in [-0.39, 0.29) is 19.0 Å². The lowest BCUT2D eigenvalue weighted by Gasteiger charge is -2.13. The zero-order valence-corrected chi connectivity index (χ0v) is 10.7. The van der Waals surface area contributed by atoms with E-state index in [2.05, 4.69) is 6.07 Å². The predicted molar refractivity (Wildman–Crippen MR) is 66.8 cm³/mol. The van der Waals surface area contributed by atoms with E-state index >= 15 is 0 Å². The highest BCUT2D eigenvalue weighted by atomic mass is 16.5. The second-order valence-corrected chi connectivity index (χ2v) is 3.83. The topological polar surface area (TPSA) is 70.3 Å². The quantitative estimate of drug-likeness (QED) is 0.804. The average Bonchev–Trinajstić information content (AvgIpc) is 2.38. The molecule has 0 bridgehead atoms. The SMILES string of the molecule is CCOC(=O)Cc1ccc(C#N)c(CC)c1CO. The highest BCUT2D eigenvalue weighted by Crippen LogP contribution is 2.21. The van der Waals surface area contributed by atoms with Crippen LogP contribution >= 0.6 is 0 Å². The molecule has 0 spiro atoms. The molecule has 0 aliphatic carbocycles. The summed E-state index contributed by atoms with van der Waals surface area (Å²) in [5, 5.41) is 18.4. The molecule has 1 rings (SSSR count). The van der Waals surface area contributed by atoms with Gasteiger partial charge in [-0.05, 0) is 36.1 Å². The maximum atomic E-state index is 11.5. The highest BCUT2D eigenvalue weighted by Gasteiger charge is 2.14. The molecular weight excluding hydrogens is 230 g/mol. The van der Waals surface area contributed by atoms with Crippen molar-refractivity contribution >= 4 is 5.97 Å². The molecule has 1 aromatic rings. The lowest BCUT2D eigenvalue weighted by Crippen LogP contribution is -2.11. The van der Waals surface area contributed by atoms with Crippen LogP contribution in [0.25, 0.3) is 0 Å². The fourth-order valence-electron chi connectivity index (χ4n) is 1.98. The summed E-state index contributed by atoms with van der Waals surface area (Å²) in [6.45, 7) is 3.84. The van der Waals surface area contributed by atoms with Gasteiger partial charge in [0.1, 0.15) is 0 Å². The lowest BCUT2D eigenvalue weighted by atomic mass is 9.93. The average molecular weight is 247 g/mol. The molecule has 0 fully saturated rings. The summed E-state index contributed by atoms with van der Waals surface area (Å²) in [6, 6.07) is 5.50. The Labute approximate surface area is 107 Å². The Morgan fingerprint density at radius 3 is 2.61 bits per heavy atom. The first-order valence-corrected chi connectivity index (χ1v) is 5.98. The van der Waals surface area contributed by atoms with E-state index in [1.807, 2.05) is 6.92 Å². The molecule has 4 nitrogen and oxygen atoms in total. The summed E-state index contributed by atoms with van der Waals surface area (Å²) in [5.41, 5.74) is 2.76. The first kappa shape index (κ1) is 14.2. The summed E-state index contributed by atoms with van der Waals surface area (Å²) in [5.74, 6) is -0.320. The molecule has 1 aromatic carbocycles. The molecule has 0 radical (unpaired) electrons. The Morgan fingerprint density at radius 1 is 1.39 bits per heavy atom.